The minimum absolute atomic E-state index is 0.00410. The van der Waals surface area contributed by atoms with E-state index in [-0.39, 0.29) is 34.7 Å². The average Bonchev–Trinajstić information content (AvgIpc) is 2.75. The Morgan fingerprint density at radius 3 is 2.39 bits per heavy atom. The number of carbonyl (C=O) groups excluding carboxylic acids is 1. The summed E-state index contributed by atoms with van der Waals surface area (Å²) in [4.78, 5) is 17.2. The topological polar surface area (TPSA) is 152 Å². The lowest BCUT2D eigenvalue weighted by atomic mass is 9.84. The van der Waals surface area contributed by atoms with Crippen molar-refractivity contribution in [2.45, 2.75) is 37.1 Å². The van der Waals surface area contributed by atoms with E-state index >= 15 is 0 Å². The average molecular weight is 440 g/mol. The molecule has 2 saturated heterocycles. The van der Waals surface area contributed by atoms with Crippen molar-refractivity contribution in [3.05, 3.63) is 16.7 Å². The highest BCUT2D eigenvalue weighted by Gasteiger charge is 2.53. The third-order valence-electron chi connectivity index (χ3n) is 6.32. The van der Waals surface area contributed by atoms with Crippen LogP contribution < -0.4 is 4.74 Å². The number of ether oxygens (including phenoxy) is 3. The molecule has 0 bridgehead atoms. The minimum Gasteiger partial charge on any atom is -0.504 e. The third-order valence-corrected chi connectivity index (χ3v) is 6.32. The summed E-state index contributed by atoms with van der Waals surface area (Å²) in [5.41, 5.74) is 0.170. The van der Waals surface area contributed by atoms with Gasteiger partial charge < -0.3 is 44.6 Å². The molecule has 11 nitrogen and oxygen atoms in total. The zero-order valence-electron chi connectivity index (χ0n) is 17.4. The maximum absolute atomic E-state index is 13.0. The Hall–Kier alpha value is -2.15. The third kappa shape index (κ3) is 3.60. The molecule has 172 valence electrons. The van der Waals surface area contributed by atoms with E-state index in [0.717, 1.165) is 13.1 Å². The van der Waals surface area contributed by atoms with Gasteiger partial charge in [0, 0.05) is 43.9 Å². The van der Waals surface area contributed by atoms with Crippen molar-refractivity contribution in [1.82, 2.24) is 9.80 Å². The van der Waals surface area contributed by atoms with Crippen LogP contribution in [0.3, 0.4) is 0 Å². The van der Waals surface area contributed by atoms with Crippen LogP contribution in [-0.4, -0.2) is 113 Å². The summed E-state index contributed by atoms with van der Waals surface area (Å²) >= 11 is 0. The molecule has 0 radical (unpaired) electrons. The van der Waals surface area contributed by atoms with Gasteiger partial charge in [-0.05, 0) is 7.05 Å². The predicted molar refractivity (Wildman–Crippen MR) is 105 cm³/mol. The van der Waals surface area contributed by atoms with Gasteiger partial charge in [-0.25, -0.2) is 4.79 Å². The first-order valence-corrected chi connectivity index (χ1v) is 10.2. The molecule has 0 aromatic heterocycles. The van der Waals surface area contributed by atoms with Crippen molar-refractivity contribution in [3.8, 4) is 17.2 Å². The number of benzene rings is 1. The predicted octanol–water partition coefficient (Wildman–Crippen LogP) is -1.45. The van der Waals surface area contributed by atoms with Crippen LogP contribution in [0.15, 0.2) is 0 Å². The summed E-state index contributed by atoms with van der Waals surface area (Å²) in [7, 11) is 3.28. The molecule has 3 heterocycles. The van der Waals surface area contributed by atoms with E-state index in [1.165, 1.54) is 7.11 Å². The summed E-state index contributed by atoms with van der Waals surface area (Å²) < 4.78 is 16.3. The van der Waals surface area contributed by atoms with E-state index < -0.39 is 48.8 Å². The molecule has 3 aliphatic heterocycles. The van der Waals surface area contributed by atoms with Gasteiger partial charge >= 0.3 is 5.97 Å². The van der Waals surface area contributed by atoms with Gasteiger partial charge in [-0.1, -0.05) is 0 Å². The summed E-state index contributed by atoms with van der Waals surface area (Å²) in [6.07, 6.45) is -6.63. The van der Waals surface area contributed by atoms with Gasteiger partial charge in [0.05, 0.1) is 19.3 Å². The van der Waals surface area contributed by atoms with Crippen molar-refractivity contribution in [1.29, 1.82) is 0 Å². The number of esters is 1. The first-order chi connectivity index (χ1) is 14.8. The van der Waals surface area contributed by atoms with Crippen LogP contribution in [0.25, 0.3) is 0 Å². The van der Waals surface area contributed by atoms with Gasteiger partial charge in [0.2, 0.25) is 5.75 Å². The molecule has 31 heavy (non-hydrogen) atoms. The van der Waals surface area contributed by atoms with E-state index in [1.807, 2.05) is 7.05 Å². The summed E-state index contributed by atoms with van der Waals surface area (Å²) in [5, 5.41) is 51.8. The number of phenols is 2. The number of hydrogen-bond donors (Lipinski definition) is 5. The van der Waals surface area contributed by atoms with E-state index in [2.05, 4.69) is 9.80 Å². The largest absolute Gasteiger partial charge is 0.504 e. The SMILES string of the molecule is COc1c(O)c(CN2CCN(C)CC2)c2c(c1O)C1OC(CO)C(O)C(O)C1OC2=O. The van der Waals surface area contributed by atoms with Crippen LogP contribution in [0, 0.1) is 0 Å². The molecule has 5 unspecified atom stereocenters. The molecule has 1 aromatic rings. The maximum atomic E-state index is 13.0. The number of aliphatic hydroxyl groups is 3. The monoisotopic (exact) mass is 440 g/mol. The normalized spacial score (nSPS) is 31.6. The standard InChI is InChI=1S/C20H28N2O9/c1-21-3-5-22(6-4-21)7-9-11-12(15(26)18(29-2)13(9)24)17-19(31-20(11)28)16(27)14(25)10(8-23)30-17/h10,14,16-17,19,23-27H,3-8H2,1-2H3. The van der Waals surface area contributed by atoms with E-state index in [4.69, 9.17) is 14.2 Å². The van der Waals surface area contributed by atoms with Crippen molar-refractivity contribution in [2.75, 3.05) is 46.9 Å². The van der Waals surface area contributed by atoms with Gasteiger partial charge in [-0.3, -0.25) is 4.90 Å². The summed E-state index contributed by atoms with van der Waals surface area (Å²) in [5.74, 6) is -1.96. The lowest BCUT2D eigenvalue weighted by Gasteiger charge is -2.45. The van der Waals surface area contributed by atoms with Gasteiger partial charge in [0.25, 0.3) is 0 Å². The number of methoxy groups -OCH3 is 1. The Bertz CT molecular complexity index is 856. The van der Waals surface area contributed by atoms with Crippen LogP contribution in [0.4, 0.5) is 0 Å². The molecule has 4 rings (SSSR count). The second-order valence-corrected chi connectivity index (χ2v) is 8.21. The van der Waals surface area contributed by atoms with Gasteiger partial charge in [0.15, 0.2) is 17.6 Å². The molecule has 0 amide bonds. The maximum Gasteiger partial charge on any atom is 0.339 e. The fourth-order valence-corrected chi connectivity index (χ4v) is 4.49. The second-order valence-electron chi connectivity index (χ2n) is 8.21. The van der Waals surface area contributed by atoms with Crippen LogP contribution in [0.2, 0.25) is 0 Å². The fourth-order valence-electron chi connectivity index (χ4n) is 4.49. The number of carbonyl (C=O) groups is 1. The molecule has 0 saturated carbocycles. The van der Waals surface area contributed by atoms with Crippen LogP contribution in [0.1, 0.15) is 27.6 Å². The Balaban J connectivity index is 1.82. The smallest absolute Gasteiger partial charge is 0.339 e. The van der Waals surface area contributed by atoms with Crippen molar-refractivity contribution >= 4 is 5.97 Å². The van der Waals surface area contributed by atoms with E-state index in [1.54, 1.807) is 0 Å². The molecule has 5 N–H and O–H groups in total. The zero-order chi connectivity index (χ0) is 22.4. The Morgan fingerprint density at radius 1 is 1.10 bits per heavy atom. The van der Waals surface area contributed by atoms with Crippen molar-refractivity contribution in [2.24, 2.45) is 0 Å². The highest BCUT2D eigenvalue weighted by Crippen LogP contribution is 2.52. The minimum atomic E-state index is -1.53. The first-order valence-electron chi connectivity index (χ1n) is 10.2. The lowest BCUT2D eigenvalue weighted by molar-refractivity contribution is -0.235. The van der Waals surface area contributed by atoms with Crippen LogP contribution >= 0.6 is 0 Å². The number of hydrogen-bond acceptors (Lipinski definition) is 11. The molecule has 0 aliphatic carbocycles. The van der Waals surface area contributed by atoms with Gasteiger partial charge in [-0.2, -0.15) is 0 Å². The first kappa shape index (κ1) is 22.1. The van der Waals surface area contributed by atoms with Crippen molar-refractivity contribution < 1.29 is 44.5 Å². The van der Waals surface area contributed by atoms with Gasteiger partial charge in [-0.15, -0.1) is 0 Å². The molecule has 0 spiro atoms. The quantitative estimate of drug-likeness (QED) is 0.350. The molecule has 11 heteroatoms. The number of nitrogens with zero attached hydrogens (tertiary/aromatic N) is 2. The highest BCUT2D eigenvalue weighted by atomic mass is 16.6. The second kappa shape index (κ2) is 8.41. The van der Waals surface area contributed by atoms with Crippen LogP contribution in [0.5, 0.6) is 17.2 Å². The highest BCUT2D eigenvalue weighted by molar-refractivity contribution is 5.97. The number of phenolic OH excluding ortho intramolecular Hbond substituents is 2. The summed E-state index contributed by atoms with van der Waals surface area (Å²) in [6, 6.07) is 0. The van der Waals surface area contributed by atoms with E-state index in [9.17, 15) is 30.3 Å². The molecule has 3 aliphatic rings. The Morgan fingerprint density at radius 2 is 1.77 bits per heavy atom. The number of fused-ring (bicyclic) bond motifs is 3. The van der Waals surface area contributed by atoms with Gasteiger partial charge in [0.1, 0.15) is 24.4 Å². The number of likely N-dealkylation sites (N-methyl/N-ethyl adjacent to an activating group) is 1. The Kier molecular flexibility index (Phi) is 5.99. The molecular formula is C20H28N2O9. The molecule has 5 atom stereocenters. The zero-order valence-corrected chi connectivity index (χ0v) is 17.4. The number of aromatic hydroxyl groups is 2. The summed E-state index contributed by atoms with van der Waals surface area (Å²) in [6.45, 7) is 2.68. The Labute approximate surface area is 179 Å². The number of piperazine rings is 1. The molecule has 2 fully saturated rings. The van der Waals surface area contributed by atoms with Crippen LogP contribution in [-0.2, 0) is 16.0 Å². The number of rotatable bonds is 4. The lowest BCUT2D eigenvalue weighted by Crippen LogP contribution is -2.58. The molecule has 1 aromatic carbocycles. The van der Waals surface area contributed by atoms with Crippen molar-refractivity contribution in [3.63, 3.8) is 0 Å². The van der Waals surface area contributed by atoms with E-state index in [0.29, 0.717) is 13.1 Å². The number of aliphatic hydroxyl groups excluding tert-OH is 3. The molecular weight excluding hydrogens is 412 g/mol. The fraction of sp³-hybridized carbons (Fsp3) is 0.650.